The Labute approximate surface area is 146 Å². The van der Waals surface area contributed by atoms with Gasteiger partial charge in [-0.3, -0.25) is 0 Å². The van der Waals surface area contributed by atoms with Crippen molar-refractivity contribution < 1.29 is 14.3 Å². The first-order valence-electron chi connectivity index (χ1n) is 7.22. The molecule has 2 amide bonds. The second-order valence-electron chi connectivity index (χ2n) is 5.04. The van der Waals surface area contributed by atoms with E-state index in [-0.39, 0.29) is 11.8 Å². The highest BCUT2D eigenvalue weighted by Gasteiger charge is 2.14. The maximum Gasteiger partial charge on any atom is 0.319 e. The fourth-order valence-electron chi connectivity index (χ4n) is 2.10. The third-order valence-corrected chi connectivity index (χ3v) is 5.35. The van der Waals surface area contributed by atoms with Gasteiger partial charge in [0.25, 0.3) is 0 Å². The van der Waals surface area contributed by atoms with Crippen LogP contribution in [-0.4, -0.2) is 11.1 Å². The van der Waals surface area contributed by atoms with Crippen LogP contribution >= 0.6 is 22.7 Å². The Bertz CT molecular complexity index is 800. The van der Waals surface area contributed by atoms with Gasteiger partial charge in [-0.2, -0.15) is 0 Å². The van der Waals surface area contributed by atoms with Crippen molar-refractivity contribution in [1.29, 1.82) is 0 Å². The van der Waals surface area contributed by atoms with Crippen LogP contribution in [0.25, 0.3) is 0 Å². The van der Waals surface area contributed by atoms with Crippen molar-refractivity contribution >= 4 is 34.4 Å². The number of hydrogen-bond donors (Lipinski definition) is 3. The lowest BCUT2D eigenvalue weighted by Crippen LogP contribution is -2.27. The largest absolute Gasteiger partial charge is 0.382 e. The number of carbonyl (C=O) groups is 1. The van der Waals surface area contributed by atoms with E-state index in [1.807, 2.05) is 29.6 Å². The highest BCUT2D eigenvalue weighted by molar-refractivity contribution is 7.12. The number of hydrogen-bond acceptors (Lipinski definition) is 4. The number of aliphatic hydroxyl groups is 1. The van der Waals surface area contributed by atoms with Crippen LogP contribution in [0.3, 0.4) is 0 Å². The normalized spacial score (nSPS) is 11.9. The molecule has 4 nitrogen and oxygen atoms in total. The van der Waals surface area contributed by atoms with Crippen LogP contribution < -0.4 is 10.6 Å². The van der Waals surface area contributed by atoms with E-state index in [4.69, 9.17) is 0 Å². The molecule has 0 aliphatic rings. The number of halogens is 1. The predicted molar refractivity (Wildman–Crippen MR) is 95.0 cm³/mol. The third kappa shape index (κ3) is 4.19. The summed E-state index contributed by atoms with van der Waals surface area (Å²) in [7, 11) is 0. The van der Waals surface area contributed by atoms with E-state index < -0.39 is 6.10 Å². The minimum atomic E-state index is -0.628. The second kappa shape index (κ2) is 7.57. The van der Waals surface area contributed by atoms with Gasteiger partial charge in [0.1, 0.15) is 11.9 Å². The Morgan fingerprint density at radius 3 is 2.62 bits per heavy atom. The first-order chi connectivity index (χ1) is 11.6. The Kier molecular flexibility index (Phi) is 5.24. The van der Waals surface area contributed by atoms with Crippen molar-refractivity contribution in [3.05, 3.63) is 74.4 Å². The van der Waals surface area contributed by atoms with Crippen LogP contribution in [-0.2, 0) is 6.54 Å². The first-order valence-corrected chi connectivity index (χ1v) is 8.92. The van der Waals surface area contributed by atoms with E-state index in [2.05, 4.69) is 10.6 Å². The zero-order valence-corrected chi connectivity index (χ0v) is 14.2. The molecule has 0 aliphatic heterocycles. The summed E-state index contributed by atoms with van der Waals surface area (Å²) < 4.78 is 12.8. The third-order valence-electron chi connectivity index (χ3n) is 3.29. The molecular formula is C17H15FN2O2S2. The summed E-state index contributed by atoms with van der Waals surface area (Å²) >= 11 is 2.96. The smallest absolute Gasteiger partial charge is 0.319 e. The summed E-state index contributed by atoms with van der Waals surface area (Å²) in [5.74, 6) is -0.351. The molecule has 0 fully saturated rings. The number of anilines is 1. The summed E-state index contributed by atoms with van der Waals surface area (Å²) in [5, 5.41) is 17.6. The minimum Gasteiger partial charge on any atom is -0.382 e. The van der Waals surface area contributed by atoms with Crippen molar-refractivity contribution in [3.8, 4) is 0 Å². The molecule has 0 radical (unpaired) electrons. The summed E-state index contributed by atoms with van der Waals surface area (Å²) in [6, 6.07) is 12.7. The average Bonchev–Trinajstić information content (AvgIpc) is 3.26. The molecule has 2 heterocycles. The fraction of sp³-hybridized carbons (Fsp3) is 0.118. The molecule has 7 heteroatoms. The fourth-order valence-corrected chi connectivity index (χ4v) is 3.86. The molecule has 0 spiro atoms. The zero-order valence-electron chi connectivity index (χ0n) is 12.5. The van der Waals surface area contributed by atoms with E-state index in [1.54, 1.807) is 0 Å². The Hall–Kier alpha value is -2.22. The number of aliphatic hydroxyl groups excluding tert-OH is 1. The van der Waals surface area contributed by atoms with E-state index in [9.17, 15) is 14.3 Å². The number of carbonyl (C=O) groups excluding carboxylic acids is 1. The number of urea groups is 1. The Morgan fingerprint density at radius 1 is 1.12 bits per heavy atom. The lowest BCUT2D eigenvalue weighted by molar-refractivity contribution is 0.228. The molecule has 3 aromatic rings. The zero-order chi connectivity index (χ0) is 16.9. The molecule has 3 N–H and O–H groups in total. The maximum atomic E-state index is 12.8. The SMILES string of the molecule is O=C(NCc1ccc(C(O)c2cccs2)s1)Nc1ccc(F)cc1. The number of rotatable bonds is 5. The molecule has 124 valence electrons. The monoisotopic (exact) mass is 362 g/mol. The van der Waals surface area contributed by atoms with Crippen LogP contribution in [0.15, 0.2) is 53.9 Å². The molecule has 3 rings (SSSR count). The standard InChI is InChI=1S/C17H15FN2O2S2/c18-11-3-5-12(6-4-11)20-17(22)19-10-13-7-8-15(24-13)16(21)14-2-1-9-23-14/h1-9,16,21H,10H2,(H2,19,20,22). The summed E-state index contributed by atoms with van der Waals surface area (Å²) in [6.45, 7) is 0.356. The van der Waals surface area contributed by atoms with Gasteiger partial charge < -0.3 is 15.7 Å². The van der Waals surface area contributed by atoms with E-state index in [0.29, 0.717) is 12.2 Å². The van der Waals surface area contributed by atoms with Crippen molar-refractivity contribution in [2.75, 3.05) is 5.32 Å². The Morgan fingerprint density at radius 2 is 1.92 bits per heavy atom. The van der Waals surface area contributed by atoms with Crippen LogP contribution in [0.1, 0.15) is 20.7 Å². The molecular weight excluding hydrogens is 347 g/mol. The van der Waals surface area contributed by atoms with Crippen molar-refractivity contribution in [2.24, 2.45) is 0 Å². The quantitative estimate of drug-likeness (QED) is 0.632. The highest BCUT2D eigenvalue weighted by atomic mass is 32.1. The van der Waals surface area contributed by atoms with Gasteiger partial charge in [0.15, 0.2) is 0 Å². The first kappa shape index (κ1) is 16.6. The average molecular weight is 362 g/mol. The van der Waals surface area contributed by atoms with E-state index in [1.165, 1.54) is 46.9 Å². The molecule has 1 atom stereocenters. The van der Waals surface area contributed by atoms with Crippen LogP contribution in [0.5, 0.6) is 0 Å². The van der Waals surface area contributed by atoms with Crippen molar-refractivity contribution in [1.82, 2.24) is 5.32 Å². The molecule has 0 bridgehead atoms. The Balaban J connectivity index is 1.53. The second-order valence-corrected chi connectivity index (χ2v) is 7.22. The topological polar surface area (TPSA) is 61.4 Å². The molecule has 0 aliphatic carbocycles. The van der Waals surface area contributed by atoms with Gasteiger partial charge in [0.2, 0.25) is 0 Å². The number of benzene rings is 1. The van der Waals surface area contributed by atoms with E-state index in [0.717, 1.165) is 14.6 Å². The van der Waals surface area contributed by atoms with Crippen molar-refractivity contribution in [2.45, 2.75) is 12.6 Å². The van der Waals surface area contributed by atoms with Gasteiger partial charge in [-0.1, -0.05) is 6.07 Å². The molecule has 0 saturated heterocycles. The van der Waals surface area contributed by atoms with Gasteiger partial charge >= 0.3 is 6.03 Å². The molecule has 1 aromatic carbocycles. The number of nitrogens with one attached hydrogen (secondary N) is 2. The van der Waals surface area contributed by atoms with Crippen LogP contribution in [0.2, 0.25) is 0 Å². The molecule has 2 aromatic heterocycles. The lowest BCUT2D eigenvalue weighted by Gasteiger charge is -2.07. The van der Waals surface area contributed by atoms with Crippen LogP contribution in [0, 0.1) is 5.82 Å². The van der Waals surface area contributed by atoms with Gasteiger partial charge in [0.05, 0.1) is 6.54 Å². The van der Waals surface area contributed by atoms with Crippen LogP contribution in [0.4, 0.5) is 14.9 Å². The minimum absolute atomic E-state index is 0.351. The van der Waals surface area contributed by atoms with Gasteiger partial charge in [-0.05, 0) is 47.8 Å². The van der Waals surface area contributed by atoms with Crippen molar-refractivity contribution in [3.63, 3.8) is 0 Å². The summed E-state index contributed by atoms with van der Waals surface area (Å²) in [5.41, 5.74) is 0.522. The molecule has 0 saturated carbocycles. The van der Waals surface area contributed by atoms with Gasteiger partial charge in [0, 0.05) is 20.3 Å². The maximum absolute atomic E-state index is 12.8. The number of thiophene rings is 2. The summed E-state index contributed by atoms with van der Waals surface area (Å²) in [6.07, 6.45) is -0.628. The molecule has 1 unspecified atom stereocenters. The molecule has 24 heavy (non-hydrogen) atoms. The van der Waals surface area contributed by atoms with E-state index >= 15 is 0 Å². The summed E-state index contributed by atoms with van der Waals surface area (Å²) in [4.78, 5) is 14.5. The van der Waals surface area contributed by atoms with Gasteiger partial charge in [-0.25, -0.2) is 9.18 Å². The lowest BCUT2D eigenvalue weighted by atomic mass is 10.2. The number of amides is 2. The predicted octanol–water partition coefficient (Wildman–Crippen LogP) is 4.35. The van der Waals surface area contributed by atoms with Gasteiger partial charge in [-0.15, -0.1) is 22.7 Å². The highest BCUT2D eigenvalue weighted by Crippen LogP contribution is 2.30.